The molecular formula is C11H20N2O3. The molecule has 0 bridgehead atoms. The molecule has 0 aliphatic carbocycles. The highest BCUT2D eigenvalue weighted by Gasteiger charge is 2.06. The number of hydrogen-bond acceptors (Lipinski definition) is 4. The van der Waals surface area contributed by atoms with E-state index in [0.29, 0.717) is 0 Å². The minimum Gasteiger partial charge on any atom is -0.444 e. The van der Waals surface area contributed by atoms with Crippen molar-refractivity contribution in [2.24, 2.45) is 0 Å². The Bertz CT molecular complexity index is 244. The number of carbonyl (C=O) groups excluding carboxylic acids is 2. The Kier molecular flexibility index (Phi) is 7.20. The van der Waals surface area contributed by atoms with Gasteiger partial charge in [0.1, 0.15) is 0 Å². The lowest BCUT2D eigenvalue weighted by atomic mass is 10.4. The van der Waals surface area contributed by atoms with Crippen LogP contribution in [0.4, 0.5) is 0 Å². The lowest BCUT2D eigenvalue weighted by molar-refractivity contribution is -0.149. The van der Waals surface area contributed by atoms with Gasteiger partial charge in [-0.3, -0.25) is 9.69 Å². The molecule has 1 aliphatic rings. The molecule has 5 nitrogen and oxygen atoms in total. The first-order valence-corrected chi connectivity index (χ1v) is 5.23. The van der Waals surface area contributed by atoms with Gasteiger partial charge in [-0.1, -0.05) is 6.58 Å². The number of amides is 1. The fourth-order valence-electron chi connectivity index (χ4n) is 0.887. The fraction of sp³-hybridized carbons (Fsp3) is 0.636. The summed E-state index contributed by atoms with van der Waals surface area (Å²) in [5, 5.41) is 2.68. The Morgan fingerprint density at radius 1 is 1.62 bits per heavy atom. The molecule has 1 amide bonds. The van der Waals surface area contributed by atoms with E-state index in [-0.39, 0.29) is 18.1 Å². The van der Waals surface area contributed by atoms with Crippen molar-refractivity contribution >= 4 is 11.9 Å². The number of nitrogens with one attached hydrogen (secondary N) is 1. The molecule has 1 N–H and O–H groups in total. The van der Waals surface area contributed by atoms with E-state index in [4.69, 9.17) is 4.74 Å². The van der Waals surface area contributed by atoms with Crippen LogP contribution in [-0.4, -0.2) is 43.6 Å². The molecule has 1 unspecified atom stereocenters. The number of nitrogens with zero attached hydrogens (tertiary/aromatic N) is 1. The first-order valence-electron chi connectivity index (χ1n) is 5.23. The summed E-state index contributed by atoms with van der Waals surface area (Å²) < 4.78 is 4.83. The van der Waals surface area contributed by atoms with Gasteiger partial charge in [-0.2, -0.15) is 0 Å². The van der Waals surface area contributed by atoms with Crippen LogP contribution in [0.3, 0.4) is 0 Å². The van der Waals surface area contributed by atoms with Gasteiger partial charge in [-0.05, 0) is 27.4 Å². The standard InChI is InChI=1S/C7H13NO2.C4H7NO/c1-5-7(9)10-6(2)8(3)4;6-4-2-1-3-5-4/h5-6H,1H2,2-4H3;1-3H2,(H,5,6). The van der Waals surface area contributed by atoms with Crippen molar-refractivity contribution < 1.29 is 14.3 Å². The van der Waals surface area contributed by atoms with Crippen LogP contribution in [0.1, 0.15) is 19.8 Å². The summed E-state index contributed by atoms with van der Waals surface area (Å²) in [5.41, 5.74) is 0. The van der Waals surface area contributed by atoms with E-state index in [9.17, 15) is 9.59 Å². The Morgan fingerprint density at radius 2 is 2.25 bits per heavy atom. The second kappa shape index (κ2) is 7.87. The highest BCUT2D eigenvalue weighted by molar-refractivity contribution is 5.81. The lowest BCUT2D eigenvalue weighted by Gasteiger charge is -2.18. The molecule has 1 fully saturated rings. The maximum atomic E-state index is 10.6. The van der Waals surface area contributed by atoms with Crippen molar-refractivity contribution in [3.8, 4) is 0 Å². The third-order valence-corrected chi connectivity index (χ3v) is 2.08. The molecule has 1 rings (SSSR count). The van der Waals surface area contributed by atoms with E-state index in [1.54, 1.807) is 11.8 Å². The largest absolute Gasteiger partial charge is 0.444 e. The van der Waals surface area contributed by atoms with Gasteiger partial charge in [0.05, 0.1) is 0 Å². The highest BCUT2D eigenvalue weighted by atomic mass is 16.6. The Balaban J connectivity index is 0.000000315. The Labute approximate surface area is 96.4 Å². The van der Waals surface area contributed by atoms with E-state index >= 15 is 0 Å². The van der Waals surface area contributed by atoms with Crippen LogP contribution in [0.5, 0.6) is 0 Å². The Hall–Kier alpha value is -1.36. The average molecular weight is 228 g/mol. The molecule has 0 saturated carbocycles. The molecule has 1 atom stereocenters. The van der Waals surface area contributed by atoms with Gasteiger partial charge in [0, 0.05) is 19.0 Å². The maximum absolute atomic E-state index is 10.6. The van der Waals surface area contributed by atoms with Gasteiger partial charge < -0.3 is 10.1 Å². The summed E-state index contributed by atoms with van der Waals surface area (Å²) in [6, 6.07) is 0. The van der Waals surface area contributed by atoms with E-state index in [1.807, 2.05) is 14.1 Å². The van der Waals surface area contributed by atoms with Gasteiger partial charge in [-0.15, -0.1) is 0 Å². The number of esters is 1. The summed E-state index contributed by atoms with van der Waals surface area (Å²) in [6.07, 6.45) is 2.73. The van der Waals surface area contributed by atoms with Crippen molar-refractivity contribution in [3.05, 3.63) is 12.7 Å². The van der Waals surface area contributed by atoms with Crippen molar-refractivity contribution in [3.63, 3.8) is 0 Å². The molecular weight excluding hydrogens is 208 g/mol. The second-order valence-corrected chi connectivity index (χ2v) is 3.66. The third-order valence-electron chi connectivity index (χ3n) is 2.08. The van der Waals surface area contributed by atoms with Gasteiger partial charge in [0.25, 0.3) is 0 Å². The first-order chi connectivity index (χ1) is 7.47. The quantitative estimate of drug-likeness (QED) is 0.434. The zero-order valence-corrected chi connectivity index (χ0v) is 10.2. The van der Waals surface area contributed by atoms with Crippen LogP contribution < -0.4 is 5.32 Å². The van der Waals surface area contributed by atoms with Crippen LogP contribution in [0, 0.1) is 0 Å². The predicted molar refractivity (Wildman–Crippen MR) is 61.7 cm³/mol. The van der Waals surface area contributed by atoms with E-state index in [2.05, 4.69) is 11.9 Å². The second-order valence-electron chi connectivity index (χ2n) is 3.66. The zero-order chi connectivity index (χ0) is 12.6. The summed E-state index contributed by atoms with van der Waals surface area (Å²) in [6.45, 7) is 5.96. The molecule has 0 aromatic heterocycles. The highest BCUT2D eigenvalue weighted by Crippen LogP contribution is 1.94. The lowest BCUT2D eigenvalue weighted by Crippen LogP contribution is -2.29. The summed E-state index contributed by atoms with van der Waals surface area (Å²) in [7, 11) is 3.67. The maximum Gasteiger partial charge on any atom is 0.331 e. The predicted octanol–water partition coefficient (Wildman–Crippen LogP) is 0.520. The molecule has 1 heterocycles. The molecule has 0 aromatic rings. The van der Waals surface area contributed by atoms with Crippen LogP contribution in [0.15, 0.2) is 12.7 Å². The van der Waals surface area contributed by atoms with E-state index in [1.165, 1.54) is 0 Å². The fourth-order valence-corrected chi connectivity index (χ4v) is 0.887. The molecule has 0 aromatic carbocycles. The zero-order valence-electron chi connectivity index (χ0n) is 10.2. The number of carbonyl (C=O) groups is 2. The van der Waals surface area contributed by atoms with Crippen molar-refractivity contribution in [1.29, 1.82) is 0 Å². The van der Waals surface area contributed by atoms with E-state index < -0.39 is 0 Å². The normalized spacial score (nSPS) is 15.9. The minimum absolute atomic E-state index is 0.189. The van der Waals surface area contributed by atoms with Crippen molar-refractivity contribution in [2.75, 3.05) is 20.6 Å². The third kappa shape index (κ3) is 7.00. The number of rotatable bonds is 3. The van der Waals surface area contributed by atoms with E-state index in [0.717, 1.165) is 25.5 Å². The topological polar surface area (TPSA) is 58.6 Å². The molecule has 1 saturated heterocycles. The summed E-state index contributed by atoms with van der Waals surface area (Å²) >= 11 is 0. The smallest absolute Gasteiger partial charge is 0.331 e. The Morgan fingerprint density at radius 3 is 2.50 bits per heavy atom. The summed E-state index contributed by atoms with van der Waals surface area (Å²) in [4.78, 5) is 22.5. The van der Waals surface area contributed by atoms with Crippen LogP contribution in [-0.2, 0) is 14.3 Å². The molecule has 0 radical (unpaired) electrons. The summed E-state index contributed by atoms with van der Waals surface area (Å²) in [5.74, 6) is -0.184. The molecule has 92 valence electrons. The van der Waals surface area contributed by atoms with Gasteiger partial charge in [0.15, 0.2) is 6.23 Å². The minimum atomic E-state index is -0.388. The molecule has 16 heavy (non-hydrogen) atoms. The molecule has 1 aliphatic heterocycles. The number of hydrogen-bond donors (Lipinski definition) is 1. The average Bonchev–Trinajstić information content (AvgIpc) is 2.69. The van der Waals surface area contributed by atoms with Crippen LogP contribution >= 0.6 is 0 Å². The van der Waals surface area contributed by atoms with Gasteiger partial charge in [-0.25, -0.2) is 4.79 Å². The van der Waals surface area contributed by atoms with Crippen LogP contribution in [0.25, 0.3) is 0 Å². The molecule has 0 spiro atoms. The SMILES string of the molecule is C=CC(=O)OC(C)N(C)C.O=C1CCCN1. The van der Waals surface area contributed by atoms with Crippen molar-refractivity contribution in [2.45, 2.75) is 26.0 Å². The van der Waals surface area contributed by atoms with Gasteiger partial charge in [0.2, 0.25) is 5.91 Å². The molecule has 5 heteroatoms. The monoisotopic (exact) mass is 228 g/mol. The first kappa shape index (κ1) is 14.6. The number of ether oxygens (including phenoxy) is 1. The van der Waals surface area contributed by atoms with Crippen LogP contribution in [0.2, 0.25) is 0 Å². The van der Waals surface area contributed by atoms with Gasteiger partial charge >= 0.3 is 5.97 Å². The van der Waals surface area contributed by atoms with Crippen molar-refractivity contribution in [1.82, 2.24) is 10.2 Å².